The van der Waals surface area contributed by atoms with Gasteiger partial charge in [0.2, 0.25) is 0 Å². The minimum Gasteiger partial charge on any atom is -0.507 e. The molecule has 0 bridgehead atoms. The number of nitro benzene ring substituents is 1. The molecule has 0 amide bonds. The van der Waals surface area contributed by atoms with Crippen LogP contribution in [0.3, 0.4) is 0 Å². The molecule has 0 aromatic heterocycles. The van der Waals surface area contributed by atoms with E-state index in [9.17, 15) is 15.2 Å². The average molecular weight is 181 g/mol. The first-order valence-corrected chi connectivity index (χ1v) is 4.00. The molecule has 70 valence electrons. The zero-order valence-electron chi connectivity index (χ0n) is 7.52. The number of rotatable bonds is 2. The Hall–Kier alpha value is -1.58. The molecule has 1 aromatic rings. The summed E-state index contributed by atoms with van der Waals surface area (Å²) in [5, 5.41) is 20.0. The summed E-state index contributed by atoms with van der Waals surface area (Å²) in [5.41, 5.74) is 0.377. The highest BCUT2D eigenvalue weighted by Gasteiger charge is 2.19. The monoisotopic (exact) mass is 181 g/mol. The summed E-state index contributed by atoms with van der Waals surface area (Å²) in [6.07, 6.45) is 0. The van der Waals surface area contributed by atoms with E-state index in [4.69, 9.17) is 0 Å². The summed E-state index contributed by atoms with van der Waals surface area (Å²) in [4.78, 5) is 10.1. The largest absolute Gasteiger partial charge is 0.507 e. The van der Waals surface area contributed by atoms with Gasteiger partial charge in [-0.15, -0.1) is 0 Å². The number of phenols is 1. The Morgan fingerprint density at radius 3 is 2.46 bits per heavy atom. The first-order chi connectivity index (χ1) is 6.04. The summed E-state index contributed by atoms with van der Waals surface area (Å²) in [5.74, 6) is -0.0641. The third-order valence-corrected chi connectivity index (χ3v) is 1.83. The third kappa shape index (κ3) is 1.77. The number of phenolic OH excluding ortho intramolecular Hbond substituents is 1. The Labute approximate surface area is 76.0 Å². The Morgan fingerprint density at radius 1 is 1.46 bits per heavy atom. The predicted molar refractivity (Wildman–Crippen MR) is 48.9 cm³/mol. The Kier molecular flexibility index (Phi) is 2.51. The van der Waals surface area contributed by atoms with E-state index in [-0.39, 0.29) is 17.4 Å². The van der Waals surface area contributed by atoms with Crippen molar-refractivity contribution in [2.45, 2.75) is 19.8 Å². The smallest absolute Gasteiger partial charge is 0.276 e. The second kappa shape index (κ2) is 3.43. The molecule has 0 saturated heterocycles. The van der Waals surface area contributed by atoms with Crippen molar-refractivity contribution < 1.29 is 10.0 Å². The molecule has 0 radical (unpaired) electrons. The summed E-state index contributed by atoms with van der Waals surface area (Å²) in [6, 6.07) is 4.33. The number of benzene rings is 1. The van der Waals surface area contributed by atoms with Crippen LogP contribution in [-0.4, -0.2) is 10.0 Å². The lowest BCUT2D eigenvalue weighted by atomic mass is 10.0. The molecular weight excluding hydrogens is 170 g/mol. The highest BCUT2D eigenvalue weighted by Crippen LogP contribution is 2.33. The van der Waals surface area contributed by atoms with E-state index in [0.717, 1.165) is 0 Å². The lowest BCUT2D eigenvalue weighted by Gasteiger charge is -2.07. The molecule has 0 aliphatic carbocycles. The van der Waals surface area contributed by atoms with Gasteiger partial charge >= 0.3 is 0 Å². The minimum absolute atomic E-state index is 0.01000. The van der Waals surface area contributed by atoms with Gasteiger partial charge in [0.15, 0.2) is 0 Å². The molecule has 4 heteroatoms. The van der Waals surface area contributed by atoms with Crippen molar-refractivity contribution in [2.24, 2.45) is 0 Å². The molecule has 13 heavy (non-hydrogen) atoms. The number of hydrogen-bond acceptors (Lipinski definition) is 3. The summed E-state index contributed by atoms with van der Waals surface area (Å²) in [7, 11) is 0. The highest BCUT2D eigenvalue weighted by molar-refractivity contribution is 5.50. The van der Waals surface area contributed by atoms with Gasteiger partial charge in [-0.2, -0.15) is 0 Å². The minimum atomic E-state index is -0.477. The van der Waals surface area contributed by atoms with Crippen LogP contribution in [0.4, 0.5) is 5.69 Å². The van der Waals surface area contributed by atoms with Gasteiger partial charge in [0.05, 0.1) is 10.5 Å². The summed E-state index contributed by atoms with van der Waals surface area (Å²) >= 11 is 0. The van der Waals surface area contributed by atoms with Crippen LogP contribution in [0.15, 0.2) is 18.2 Å². The van der Waals surface area contributed by atoms with Gasteiger partial charge in [-0.25, -0.2) is 0 Å². The molecule has 1 aromatic carbocycles. The topological polar surface area (TPSA) is 63.4 Å². The van der Waals surface area contributed by atoms with Crippen molar-refractivity contribution in [3.8, 4) is 5.75 Å². The maximum Gasteiger partial charge on any atom is 0.276 e. The van der Waals surface area contributed by atoms with Crippen LogP contribution in [0.5, 0.6) is 5.75 Å². The molecule has 0 fully saturated rings. The van der Waals surface area contributed by atoms with Crippen molar-refractivity contribution >= 4 is 5.69 Å². The lowest BCUT2D eigenvalue weighted by molar-refractivity contribution is -0.385. The lowest BCUT2D eigenvalue weighted by Crippen LogP contribution is -1.97. The van der Waals surface area contributed by atoms with Crippen LogP contribution in [0.2, 0.25) is 0 Å². The molecule has 1 N–H and O–H groups in total. The fraction of sp³-hybridized carbons (Fsp3) is 0.333. The zero-order chi connectivity index (χ0) is 10.0. The van der Waals surface area contributed by atoms with Crippen LogP contribution in [0, 0.1) is 10.1 Å². The van der Waals surface area contributed by atoms with E-state index in [0.29, 0.717) is 5.56 Å². The molecule has 4 nitrogen and oxygen atoms in total. The van der Waals surface area contributed by atoms with Gasteiger partial charge in [-0.1, -0.05) is 19.9 Å². The quantitative estimate of drug-likeness (QED) is 0.562. The first-order valence-electron chi connectivity index (χ1n) is 4.00. The van der Waals surface area contributed by atoms with E-state index >= 15 is 0 Å². The van der Waals surface area contributed by atoms with E-state index in [1.807, 2.05) is 13.8 Å². The molecular formula is C9H11NO3. The molecule has 0 aliphatic rings. The van der Waals surface area contributed by atoms with Crippen molar-refractivity contribution in [1.29, 1.82) is 0 Å². The Morgan fingerprint density at radius 2 is 2.08 bits per heavy atom. The molecule has 0 heterocycles. The van der Waals surface area contributed by atoms with Gasteiger partial charge in [0, 0.05) is 6.07 Å². The van der Waals surface area contributed by atoms with E-state index < -0.39 is 4.92 Å². The fourth-order valence-electron chi connectivity index (χ4n) is 1.29. The molecule has 0 unspecified atom stereocenters. The van der Waals surface area contributed by atoms with Gasteiger partial charge in [-0.3, -0.25) is 10.1 Å². The summed E-state index contributed by atoms with van der Waals surface area (Å²) in [6.45, 7) is 3.62. The van der Waals surface area contributed by atoms with Crippen molar-refractivity contribution in [3.05, 3.63) is 33.9 Å². The molecule has 0 spiro atoms. The number of hydrogen-bond donors (Lipinski definition) is 1. The molecule has 0 saturated carbocycles. The number of aromatic hydroxyl groups is 1. The van der Waals surface area contributed by atoms with Crippen molar-refractivity contribution in [3.63, 3.8) is 0 Å². The maximum atomic E-state index is 10.6. The average Bonchev–Trinajstić information content (AvgIpc) is 2.02. The van der Waals surface area contributed by atoms with Crippen LogP contribution < -0.4 is 0 Å². The van der Waals surface area contributed by atoms with Gasteiger partial charge in [0.25, 0.3) is 5.69 Å². The van der Waals surface area contributed by atoms with Gasteiger partial charge in [0.1, 0.15) is 5.75 Å². The predicted octanol–water partition coefficient (Wildman–Crippen LogP) is 2.42. The van der Waals surface area contributed by atoms with Crippen molar-refractivity contribution in [2.75, 3.05) is 0 Å². The first kappa shape index (κ1) is 9.51. The molecule has 0 atom stereocenters. The van der Waals surface area contributed by atoms with Crippen LogP contribution in [0.25, 0.3) is 0 Å². The SMILES string of the molecule is CC(C)c1c(O)cccc1[N+](=O)[O-]. The normalized spacial score (nSPS) is 10.4. The third-order valence-electron chi connectivity index (χ3n) is 1.83. The standard InChI is InChI=1S/C9H11NO3/c1-6(2)9-7(10(12)13)4-3-5-8(9)11/h3-6,11H,1-2H3. The van der Waals surface area contributed by atoms with Crippen molar-refractivity contribution in [1.82, 2.24) is 0 Å². The number of nitro groups is 1. The van der Waals surface area contributed by atoms with E-state index in [2.05, 4.69) is 0 Å². The fourth-order valence-corrected chi connectivity index (χ4v) is 1.29. The van der Waals surface area contributed by atoms with Crippen LogP contribution in [0.1, 0.15) is 25.3 Å². The van der Waals surface area contributed by atoms with E-state index in [1.54, 1.807) is 0 Å². The van der Waals surface area contributed by atoms with Gasteiger partial charge < -0.3 is 5.11 Å². The highest BCUT2D eigenvalue weighted by atomic mass is 16.6. The second-order valence-corrected chi connectivity index (χ2v) is 3.12. The zero-order valence-corrected chi connectivity index (χ0v) is 7.52. The Bertz CT molecular complexity index is 334. The maximum absolute atomic E-state index is 10.6. The summed E-state index contributed by atoms with van der Waals surface area (Å²) < 4.78 is 0. The van der Waals surface area contributed by atoms with Gasteiger partial charge in [-0.05, 0) is 12.0 Å². The van der Waals surface area contributed by atoms with Crippen LogP contribution in [-0.2, 0) is 0 Å². The molecule has 0 aliphatic heterocycles. The Balaban J connectivity index is 3.34. The van der Waals surface area contributed by atoms with Crippen LogP contribution >= 0.6 is 0 Å². The molecule has 1 rings (SSSR count). The second-order valence-electron chi connectivity index (χ2n) is 3.12. The van der Waals surface area contributed by atoms with E-state index in [1.165, 1.54) is 18.2 Å². The number of nitrogens with zero attached hydrogens (tertiary/aromatic N) is 1.